The number of esters is 1. The third kappa shape index (κ3) is 4.73. The van der Waals surface area contributed by atoms with Gasteiger partial charge in [-0.3, -0.25) is 9.36 Å². The number of aliphatic hydroxyl groups is 1. The molecule has 0 bridgehead atoms. The molecule has 1 fully saturated rings. The van der Waals surface area contributed by atoms with E-state index in [4.69, 9.17) is 15.2 Å². The van der Waals surface area contributed by atoms with Crippen LogP contribution in [0, 0.1) is 0 Å². The number of nitrogens with two attached hydrogens (primary N) is 1. The normalized spacial score (nSPS) is 21.8. The number of aromatic nitrogens is 2. The number of amides is 1. The fourth-order valence-corrected chi connectivity index (χ4v) is 3.32. The molecule has 2 aromatic rings. The largest absolute Gasteiger partial charge is 0.456 e. The van der Waals surface area contributed by atoms with Gasteiger partial charge in [-0.25, -0.2) is 9.59 Å². The molecule has 1 aliphatic rings. The first-order valence-electron chi connectivity index (χ1n) is 9.48. The van der Waals surface area contributed by atoms with Crippen LogP contribution in [0.3, 0.4) is 0 Å². The summed E-state index contributed by atoms with van der Waals surface area (Å²) in [6.45, 7) is 2.68. The number of hydrogen-bond acceptors (Lipinski definition) is 8. The van der Waals surface area contributed by atoms with E-state index in [1.54, 1.807) is 31.2 Å². The smallest absolute Gasteiger partial charge is 0.351 e. The van der Waals surface area contributed by atoms with Gasteiger partial charge in [-0.1, -0.05) is 18.2 Å². The van der Waals surface area contributed by atoms with Crippen LogP contribution >= 0.6 is 0 Å². The molecule has 10 heteroatoms. The van der Waals surface area contributed by atoms with Gasteiger partial charge in [-0.15, -0.1) is 0 Å². The van der Waals surface area contributed by atoms with Crippen molar-refractivity contribution >= 4 is 17.7 Å². The van der Waals surface area contributed by atoms with Gasteiger partial charge in [0.25, 0.3) is 0 Å². The first-order chi connectivity index (χ1) is 14.3. The number of anilines is 1. The van der Waals surface area contributed by atoms with Gasteiger partial charge in [-0.2, -0.15) is 4.98 Å². The van der Waals surface area contributed by atoms with Crippen LogP contribution in [-0.2, 0) is 14.3 Å². The lowest BCUT2D eigenvalue weighted by atomic mass is 10.0. The Hall–Kier alpha value is -3.08. The zero-order valence-electron chi connectivity index (χ0n) is 16.6. The fraction of sp³-hybridized carbons (Fsp3) is 0.400. The van der Waals surface area contributed by atoms with Crippen LogP contribution in [0.5, 0.6) is 0 Å². The van der Waals surface area contributed by atoms with Gasteiger partial charge < -0.3 is 25.6 Å². The molecule has 0 aliphatic carbocycles. The van der Waals surface area contributed by atoms with Gasteiger partial charge in [0.05, 0.1) is 12.2 Å². The molecule has 3 rings (SSSR count). The van der Waals surface area contributed by atoms with E-state index in [0.29, 0.717) is 11.1 Å². The Labute approximate surface area is 172 Å². The zero-order valence-corrected chi connectivity index (χ0v) is 16.6. The SMILES string of the molecule is CC(=O)Nc1ccn(C2C[C@@H](OC(=O)c3ccccc3C(C)N)C(CO)O2)c(=O)n1. The van der Waals surface area contributed by atoms with E-state index in [9.17, 15) is 19.5 Å². The minimum Gasteiger partial charge on any atom is -0.456 e. The average molecular weight is 416 g/mol. The molecule has 0 spiro atoms. The summed E-state index contributed by atoms with van der Waals surface area (Å²) in [5, 5.41) is 12.1. The summed E-state index contributed by atoms with van der Waals surface area (Å²) in [5.41, 5.74) is 6.27. The van der Waals surface area contributed by atoms with Crippen molar-refractivity contribution in [3.63, 3.8) is 0 Å². The van der Waals surface area contributed by atoms with Gasteiger partial charge in [0, 0.05) is 25.6 Å². The van der Waals surface area contributed by atoms with E-state index < -0.39 is 36.7 Å². The van der Waals surface area contributed by atoms with Gasteiger partial charge in [0.1, 0.15) is 24.3 Å². The second-order valence-electron chi connectivity index (χ2n) is 7.05. The summed E-state index contributed by atoms with van der Waals surface area (Å²) in [4.78, 5) is 39.9. The van der Waals surface area contributed by atoms with Crippen molar-refractivity contribution in [1.82, 2.24) is 9.55 Å². The van der Waals surface area contributed by atoms with Crippen LogP contribution in [0.25, 0.3) is 0 Å². The van der Waals surface area contributed by atoms with Crippen molar-refractivity contribution in [3.8, 4) is 0 Å². The van der Waals surface area contributed by atoms with E-state index in [1.165, 1.54) is 23.8 Å². The Morgan fingerprint density at radius 1 is 1.40 bits per heavy atom. The number of benzene rings is 1. The summed E-state index contributed by atoms with van der Waals surface area (Å²) in [6, 6.07) is 7.96. The molecular weight excluding hydrogens is 392 g/mol. The van der Waals surface area contributed by atoms with Crippen LogP contribution in [0.1, 0.15) is 48.5 Å². The third-order valence-corrected chi connectivity index (χ3v) is 4.73. The molecule has 4 N–H and O–H groups in total. The fourth-order valence-electron chi connectivity index (χ4n) is 3.32. The highest BCUT2D eigenvalue weighted by atomic mass is 16.6. The molecule has 1 amide bonds. The molecular formula is C20H24N4O6. The maximum absolute atomic E-state index is 12.7. The highest BCUT2D eigenvalue weighted by Gasteiger charge is 2.39. The summed E-state index contributed by atoms with van der Waals surface area (Å²) in [7, 11) is 0. The second-order valence-corrected chi connectivity index (χ2v) is 7.05. The predicted molar refractivity (Wildman–Crippen MR) is 107 cm³/mol. The number of carbonyl (C=O) groups is 2. The van der Waals surface area contributed by atoms with E-state index in [1.807, 2.05) is 0 Å². The molecule has 1 saturated heterocycles. The topological polar surface area (TPSA) is 146 Å². The Kier molecular flexibility index (Phi) is 6.60. The van der Waals surface area contributed by atoms with E-state index >= 15 is 0 Å². The second kappa shape index (κ2) is 9.16. The zero-order chi connectivity index (χ0) is 21.8. The van der Waals surface area contributed by atoms with Gasteiger partial charge in [0.2, 0.25) is 5.91 Å². The number of hydrogen-bond donors (Lipinski definition) is 3. The lowest BCUT2D eigenvalue weighted by Crippen LogP contribution is -2.30. The van der Waals surface area contributed by atoms with Crippen molar-refractivity contribution in [3.05, 3.63) is 58.1 Å². The summed E-state index contributed by atoms with van der Waals surface area (Å²) in [6.07, 6.45) is -0.776. The van der Waals surface area contributed by atoms with Crippen molar-refractivity contribution in [2.24, 2.45) is 5.73 Å². The van der Waals surface area contributed by atoms with E-state index in [-0.39, 0.29) is 24.2 Å². The molecule has 160 valence electrons. The lowest BCUT2D eigenvalue weighted by molar-refractivity contribution is -0.114. The number of nitrogens with one attached hydrogen (secondary N) is 1. The van der Waals surface area contributed by atoms with Crippen molar-refractivity contribution < 1.29 is 24.2 Å². The molecule has 0 radical (unpaired) electrons. The Morgan fingerprint density at radius 2 is 2.13 bits per heavy atom. The Balaban J connectivity index is 1.76. The highest BCUT2D eigenvalue weighted by molar-refractivity contribution is 5.91. The number of ether oxygens (including phenoxy) is 2. The van der Waals surface area contributed by atoms with Gasteiger partial charge >= 0.3 is 11.7 Å². The molecule has 10 nitrogen and oxygen atoms in total. The quantitative estimate of drug-likeness (QED) is 0.584. The van der Waals surface area contributed by atoms with Crippen LogP contribution in [0.2, 0.25) is 0 Å². The number of rotatable bonds is 6. The summed E-state index contributed by atoms with van der Waals surface area (Å²) >= 11 is 0. The van der Waals surface area contributed by atoms with Crippen molar-refractivity contribution in [2.45, 2.75) is 44.7 Å². The number of aliphatic hydroxyl groups excluding tert-OH is 1. The van der Waals surface area contributed by atoms with Crippen LogP contribution < -0.4 is 16.7 Å². The number of nitrogens with zero attached hydrogens (tertiary/aromatic N) is 2. The maximum atomic E-state index is 12.7. The molecule has 30 heavy (non-hydrogen) atoms. The molecule has 4 atom stereocenters. The molecule has 1 aromatic carbocycles. The Bertz CT molecular complexity index is 989. The van der Waals surface area contributed by atoms with Crippen molar-refractivity contribution in [1.29, 1.82) is 0 Å². The van der Waals surface area contributed by atoms with Gasteiger partial charge in [-0.05, 0) is 24.6 Å². The minimum atomic E-state index is -0.802. The molecule has 2 heterocycles. The standard InChI is InChI=1S/C20H24N4O6/c1-11(21)13-5-3-4-6-14(13)19(27)30-15-9-18(29-16(15)10-25)24-8-7-17(22-12(2)26)23-20(24)28/h3-8,11,15-16,18,25H,9-10,21H2,1-2H3,(H,22,23,26,28)/t11?,15-,16?,18?/m1/s1. The van der Waals surface area contributed by atoms with Gasteiger partial charge in [0.15, 0.2) is 0 Å². The van der Waals surface area contributed by atoms with Crippen LogP contribution in [0.15, 0.2) is 41.3 Å². The highest BCUT2D eigenvalue weighted by Crippen LogP contribution is 2.31. The molecule has 1 aromatic heterocycles. The summed E-state index contributed by atoms with van der Waals surface area (Å²) in [5.74, 6) is -0.811. The van der Waals surface area contributed by atoms with E-state index in [0.717, 1.165) is 0 Å². The Morgan fingerprint density at radius 3 is 2.77 bits per heavy atom. The lowest BCUT2D eigenvalue weighted by Gasteiger charge is -2.18. The molecule has 0 saturated carbocycles. The first kappa shape index (κ1) is 21.6. The predicted octanol–water partition coefficient (Wildman–Crippen LogP) is 0.727. The van der Waals surface area contributed by atoms with Crippen LogP contribution in [0.4, 0.5) is 5.82 Å². The maximum Gasteiger partial charge on any atom is 0.351 e. The minimum absolute atomic E-state index is 0.121. The monoisotopic (exact) mass is 416 g/mol. The molecule has 3 unspecified atom stereocenters. The first-order valence-corrected chi connectivity index (χ1v) is 9.48. The average Bonchev–Trinajstić information content (AvgIpc) is 3.10. The van der Waals surface area contributed by atoms with Crippen molar-refractivity contribution in [2.75, 3.05) is 11.9 Å². The number of carbonyl (C=O) groups excluding carboxylic acids is 2. The third-order valence-electron chi connectivity index (χ3n) is 4.73. The summed E-state index contributed by atoms with van der Waals surface area (Å²) < 4.78 is 12.5. The molecule has 1 aliphatic heterocycles. The van der Waals surface area contributed by atoms with E-state index in [2.05, 4.69) is 10.3 Å². The van der Waals surface area contributed by atoms with Crippen LogP contribution in [-0.4, -0.2) is 45.3 Å².